The van der Waals surface area contributed by atoms with Crippen LogP contribution in [0.1, 0.15) is 33.6 Å². The van der Waals surface area contributed by atoms with E-state index < -0.39 is 0 Å². The Balaban J connectivity index is 1.99. The fourth-order valence-electron chi connectivity index (χ4n) is 3.25. The van der Waals surface area contributed by atoms with Crippen molar-refractivity contribution >= 4 is 34.5 Å². The zero-order chi connectivity index (χ0) is 18.1. The van der Waals surface area contributed by atoms with Crippen LogP contribution in [0, 0.1) is 38.2 Å². The lowest BCUT2D eigenvalue weighted by Gasteiger charge is -2.11. The molecule has 0 aliphatic carbocycles. The second-order valence-electron chi connectivity index (χ2n) is 6.70. The number of nitrogens with zero attached hydrogens (tertiary/aromatic N) is 2. The van der Waals surface area contributed by atoms with E-state index in [1.807, 2.05) is 6.21 Å². The molecule has 0 N–H and O–H groups in total. The van der Waals surface area contributed by atoms with Crippen molar-refractivity contribution < 1.29 is 0 Å². The second-order valence-corrected chi connectivity index (χ2v) is 7.86. The van der Waals surface area contributed by atoms with E-state index in [-0.39, 0.29) is 0 Å². The average Bonchev–Trinajstić information content (AvgIpc) is 2.81. The van der Waals surface area contributed by atoms with Gasteiger partial charge in [0.25, 0.3) is 0 Å². The summed E-state index contributed by atoms with van der Waals surface area (Å²) in [6, 6.07) is 15.2. The third kappa shape index (κ3) is 3.87. The second kappa shape index (κ2) is 7.16. The van der Waals surface area contributed by atoms with Crippen molar-refractivity contribution in [2.24, 2.45) is 4.99 Å². The van der Waals surface area contributed by atoms with E-state index in [0.717, 1.165) is 11.3 Å². The smallest absolute Gasteiger partial charge is 0.0633 e. The minimum atomic E-state index is 0.995. The molecule has 1 heterocycles. The van der Waals surface area contributed by atoms with Crippen molar-refractivity contribution in [3.63, 3.8) is 0 Å². The molecule has 0 amide bonds. The molecule has 0 aliphatic rings. The van der Waals surface area contributed by atoms with Gasteiger partial charge < -0.3 is 4.57 Å². The predicted molar refractivity (Wildman–Crippen MR) is 116 cm³/mol. The first-order valence-electron chi connectivity index (χ1n) is 8.43. The van der Waals surface area contributed by atoms with Crippen molar-refractivity contribution in [3.8, 4) is 5.69 Å². The monoisotopic (exact) mass is 442 g/mol. The summed E-state index contributed by atoms with van der Waals surface area (Å²) in [6.07, 6.45) is 1.98. The highest BCUT2D eigenvalue weighted by molar-refractivity contribution is 14.1. The molecule has 0 radical (unpaired) electrons. The van der Waals surface area contributed by atoms with Crippen molar-refractivity contribution in [2.75, 3.05) is 0 Å². The lowest BCUT2D eigenvalue weighted by atomic mass is 10.1. The van der Waals surface area contributed by atoms with E-state index >= 15 is 0 Å². The van der Waals surface area contributed by atoms with Gasteiger partial charge in [0.15, 0.2) is 0 Å². The highest BCUT2D eigenvalue weighted by Gasteiger charge is 2.10. The Morgan fingerprint density at radius 1 is 0.880 bits per heavy atom. The molecule has 0 atom stereocenters. The lowest BCUT2D eigenvalue weighted by molar-refractivity contribution is 0.960. The standard InChI is InChI=1S/C22H23IN2/c1-14-8-15(2)10-21(9-14)25-17(4)12-19(18(25)5)13-24-20-6-7-22(23)16(3)11-20/h6-13H,1-5H3. The molecule has 0 fully saturated rings. The molecule has 3 heteroatoms. The van der Waals surface area contributed by atoms with Gasteiger partial charge in [-0.15, -0.1) is 0 Å². The number of halogens is 1. The van der Waals surface area contributed by atoms with Gasteiger partial charge in [-0.2, -0.15) is 0 Å². The van der Waals surface area contributed by atoms with E-state index in [2.05, 4.69) is 109 Å². The third-order valence-electron chi connectivity index (χ3n) is 4.43. The number of aromatic nitrogens is 1. The molecule has 0 saturated carbocycles. The Hall–Kier alpha value is -1.88. The SMILES string of the molecule is Cc1cc(C)cc(-n2c(C)cc(C=Nc3ccc(I)c(C)c3)c2C)c1. The summed E-state index contributed by atoms with van der Waals surface area (Å²) in [5.74, 6) is 0. The lowest BCUT2D eigenvalue weighted by Crippen LogP contribution is -2.00. The molecule has 0 bridgehead atoms. The van der Waals surface area contributed by atoms with Gasteiger partial charge in [0.2, 0.25) is 0 Å². The van der Waals surface area contributed by atoms with Gasteiger partial charge in [-0.05, 0) is 110 Å². The summed E-state index contributed by atoms with van der Waals surface area (Å²) in [6.45, 7) is 10.7. The summed E-state index contributed by atoms with van der Waals surface area (Å²) in [4.78, 5) is 4.68. The van der Waals surface area contributed by atoms with Crippen molar-refractivity contribution in [1.29, 1.82) is 0 Å². The molecule has 0 aliphatic heterocycles. The van der Waals surface area contributed by atoms with Gasteiger partial charge in [-0.3, -0.25) is 4.99 Å². The number of aliphatic imine (C=N–C) groups is 1. The first-order valence-corrected chi connectivity index (χ1v) is 9.51. The van der Waals surface area contributed by atoms with Gasteiger partial charge in [0.1, 0.15) is 0 Å². The maximum atomic E-state index is 4.68. The number of hydrogen-bond acceptors (Lipinski definition) is 1. The van der Waals surface area contributed by atoms with Gasteiger partial charge >= 0.3 is 0 Å². The molecule has 1 aromatic heterocycles. The molecule has 0 spiro atoms. The Morgan fingerprint density at radius 3 is 2.20 bits per heavy atom. The van der Waals surface area contributed by atoms with Crippen LogP contribution in [0.4, 0.5) is 5.69 Å². The first-order chi connectivity index (χ1) is 11.8. The average molecular weight is 442 g/mol. The van der Waals surface area contributed by atoms with E-state index in [1.54, 1.807) is 0 Å². The highest BCUT2D eigenvalue weighted by atomic mass is 127. The molecule has 2 nitrogen and oxygen atoms in total. The summed E-state index contributed by atoms with van der Waals surface area (Å²) in [7, 11) is 0. The van der Waals surface area contributed by atoms with E-state index in [1.165, 1.54) is 37.3 Å². The largest absolute Gasteiger partial charge is 0.318 e. The molecule has 0 unspecified atom stereocenters. The molecular formula is C22H23IN2. The summed E-state index contributed by atoms with van der Waals surface area (Å²) >= 11 is 2.35. The van der Waals surface area contributed by atoms with Crippen LogP contribution in [0.15, 0.2) is 47.5 Å². The fraction of sp³-hybridized carbons (Fsp3) is 0.227. The Kier molecular flexibility index (Phi) is 5.13. The molecule has 25 heavy (non-hydrogen) atoms. The maximum Gasteiger partial charge on any atom is 0.0633 e. The Bertz CT molecular complexity index is 944. The normalized spacial score (nSPS) is 11.4. The number of benzene rings is 2. The Morgan fingerprint density at radius 2 is 1.56 bits per heavy atom. The molecule has 3 rings (SSSR count). The van der Waals surface area contributed by atoms with Crippen LogP contribution in [0.3, 0.4) is 0 Å². The van der Waals surface area contributed by atoms with Gasteiger partial charge in [-0.1, -0.05) is 6.07 Å². The van der Waals surface area contributed by atoms with Crippen LogP contribution in [-0.2, 0) is 0 Å². The minimum absolute atomic E-state index is 0.995. The fourth-order valence-corrected chi connectivity index (χ4v) is 3.58. The zero-order valence-electron chi connectivity index (χ0n) is 15.4. The topological polar surface area (TPSA) is 17.3 Å². The summed E-state index contributed by atoms with van der Waals surface area (Å²) < 4.78 is 3.57. The third-order valence-corrected chi connectivity index (χ3v) is 5.64. The van der Waals surface area contributed by atoms with Crippen molar-refractivity contribution in [3.05, 3.63) is 79.7 Å². The molecule has 2 aromatic carbocycles. The van der Waals surface area contributed by atoms with Gasteiger partial charge in [0, 0.05) is 32.4 Å². The van der Waals surface area contributed by atoms with Crippen LogP contribution in [0.25, 0.3) is 5.69 Å². The summed E-state index contributed by atoms with van der Waals surface area (Å²) in [5, 5.41) is 0. The van der Waals surface area contributed by atoms with Crippen LogP contribution >= 0.6 is 22.6 Å². The predicted octanol–water partition coefficient (Wildman–Crippen LogP) is 6.37. The van der Waals surface area contributed by atoms with E-state index in [4.69, 9.17) is 0 Å². The number of hydrogen-bond donors (Lipinski definition) is 0. The number of aryl methyl sites for hydroxylation is 4. The summed E-state index contributed by atoms with van der Waals surface area (Å²) in [5.41, 5.74) is 9.64. The van der Waals surface area contributed by atoms with Gasteiger partial charge in [0.05, 0.1) is 5.69 Å². The van der Waals surface area contributed by atoms with Crippen molar-refractivity contribution in [1.82, 2.24) is 4.57 Å². The highest BCUT2D eigenvalue weighted by Crippen LogP contribution is 2.23. The van der Waals surface area contributed by atoms with Crippen molar-refractivity contribution in [2.45, 2.75) is 34.6 Å². The molecule has 3 aromatic rings. The van der Waals surface area contributed by atoms with E-state index in [0.29, 0.717) is 0 Å². The molecule has 128 valence electrons. The molecule has 0 saturated heterocycles. The minimum Gasteiger partial charge on any atom is -0.318 e. The van der Waals surface area contributed by atoms with Crippen LogP contribution in [-0.4, -0.2) is 10.8 Å². The van der Waals surface area contributed by atoms with Crippen LogP contribution < -0.4 is 0 Å². The molecular weight excluding hydrogens is 419 g/mol. The van der Waals surface area contributed by atoms with Crippen LogP contribution in [0.2, 0.25) is 0 Å². The van der Waals surface area contributed by atoms with E-state index in [9.17, 15) is 0 Å². The first kappa shape index (κ1) is 17.9. The maximum absolute atomic E-state index is 4.68. The Labute approximate surface area is 163 Å². The zero-order valence-corrected chi connectivity index (χ0v) is 17.5. The van der Waals surface area contributed by atoms with Crippen LogP contribution in [0.5, 0.6) is 0 Å². The van der Waals surface area contributed by atoms with Gasteiger partial charge in [-0.25, -0.2) is 0 Å². The quantitative estimate of drug-likeness (QED) is 0.331. The number of rotatable bonds is 3.